The van der Waals surface area contributed by atoms with Crippen LogP contribution in [0.15, 0.2) is 16.6 Å². The molecule has 0 saturated heterocycles. The van der Waals surface area contributed by atoms with Crippen molar-refractivity contribution in [1.82, 2.24) is 0 Å². The van der Waals surface area contributed by atoms with Gasteiger partial charge in [0.25, 0.3) is 0 Å². The fraction of sp³-hybridized carbons (Fsp3) is 0.364. The van der Waals surface area contributed by atoms with E-state index >= 15 is 0 Å². The molecule has 0 spiro atoms. The zero-order valence-corrected chi connectivity index (χ0v) is 10.2. The van der Waals surface area contributed by atoms with Gasteiger partial charge in [0, 0.05) is 10.0 Å². The highest BCUT2D eigenvalue weighted by molar-refractivity contribution is 9.10. The summed E-state index contributed by atoms with van der Waals surface area (Å²) in [6.45, 7) is 3.58. The van der Waals surface area contributed by atoms with Crippen molar-refractivity contribution >= 4 is 21.9 Å². The Bertz CT molecular complexity index is 364. The van der Waals surface area contributed by atoms with Crippen molar-refractivity contribution in [2.45, 2.75) is 26.2 Å². The van der Waals surface area contributed by atoms with Crippen molar-refractivity contribution < 1.29 is 15.0 Å². The van der Waals surface area contributed by atoms with Crippen molar-refractivity contribution in [3.8, 4) is 5.75 Å². The van der Waals surface area contributed by atoms with E-state index in [1.54, 1.807) is 13.0 Å². The number of aromatic hydroxyl groups is 1. The largest absolute Gasteiger partial charge is 0.508 e. The van der Waals surface area contributed by atoms with Crippen LogP contribution in [0.25, 0.3) is 0 Å². The first-order chi connectivity index (χ1) is 6.97. The van der Waals surface area contributed by atoms with Gasteiger partial charge >= 0.3 is 5.97 Å². The van der Waals surface area contributed by atoms with E-state index in [1.165, 1.54) is 6.07 Å². The topological polar surface area (TPSA) is 57.5 Å². The van der Waals surface area contributed by atoms with Gasteiger partial charge in [0.15, 0.2) is 0 Å². The molecule has 15 heavy (non-hydrogen) atoms. The summed E-state index contributed by atoms with van der Waals surface area (Å²) in [7, 11) is 0. The quantitative estimate of drug-likeness (QED) is 0.889. The maximum atomic E-state index is 10.9. The molecule has 0 radical (unpaired) electrons. The Morgan fingerprint density at radius 2 is 2.13 bits per heavy atom. The molecule has 0 fully saturated rings. The van der Waals surface area contributed by atoms with Crippen molar-refractivity contribution in [1.29, 1.82) is 0 Å². The highest BCUT2D eigenvalue weighted by Gasteiger charge is 2.19. The molecular weight excluding hydrogens is 260 g/mol. The molecule has 0 aliphatic heterocycles. The molecule has 1 atom stereocenters. The molecule has 0 bridgehead atoms. The molecule has 3 nitrogen and oxygen atoms in total. The standard InChI is InChI=1S/C11H13BrO3/c1-3-8(11(14)15)7-4-9(12)6(2)10(13)5-7/h4-5,8,13H,3H2,1-2H3,(H,14,15). The minimum Gasteiger partial charge on any atom is -0.508 e. The van der Waals surface area contributed by atoms with Crippen LogP contribution in [0.1, 0.15) is 30.4 Å². The zero-order valence-electron chi connectivity index (χ0n) is 8.62. The number of benzene rings is 1. The summed E-state index contributed by atoms with van der Waals surface area (Å²) in [5, 5.41) is 18.6. The highest BCUT2D eigenvalue weighted by atomic mass is 79.9. The number of carboxylic acid groups (broad SMARTS) is 1. The average molecular weight is 273 g/mol. The van der Waals surface area contributed by atoms with Crippen LogP contribution in [0.4, 0.5) is 0 Å². The average Bonchev–Trinajstić information content (AvgIpc) is 2.14. The summed E-state index contributed by atoms with van der Waals surface area (Å²) in [6, 6.07) is 3.26. The first-order valence-corrected chi connectivity index (χ1v) is 5.48. The summed E-state index contributed by atoms with van der Waals surface area (Å²) in [5.41, 5.74) is 1.35. The summed E-state index contributed by atoms with van der Waals surface area (Å²) < 4.78 is 0.734. The van der Waals surface area contributed by atoms with Crippen LogP contribution in [0.3, 0.4) is 0 Å². The summed E-state index contributed by atoms with van der Waals surface area (Å²) in [6.07, 6.45) is 0.504. The van der Waals surface area contributed by atoms with Crippen LogP contribution in [-0.2, 0) is 4.79 Å². The van der Waals surface area contributed by atoms with Crippen LogP contribution >= 0.6 is 15.9 Å². The summed E-state index contributed by atoms with van der Waals surface area (Å²) in [4.78, 5) is 10.9. The second-order valence-corrected chi connectivity index (χ2v) is 4.30. The van der Waals surface area contributed by atoms with Gasteiger partial charge in [0.1, 0.15) is 5.75 Å². The number of carbonyl (C=O) groups is 1. The molecule has 0 amide bonds. The van der Waals surface area contributed by atoms with E-state index in [2.05, 4.69) is 15.9 Å². The number of hydrogen-bond acceptors (Lipinski definition) is 2. The third kappa shape index (κ3) is 2.50. The summed E-state index contributed by atoms with van der Waals surface area (Å²) in [5.74, 6) is -1.31. The minimum absolute atomic E-state index is 0.124. The number of aliphatic carboxylic acids is 1. The predicted molar refractivity (Wildman–Crippen MR) is 61.2 cm³/mol. The molecular formula is C11H13BrO3. The summed E-state index contributed by atoms with van der Waals surface area (Å²) >= 11 is 3.29. The van der Waals surface area contributed by atoms with E-state index in [9.17, 15) is 9.90 Å². The molecule has 0 aliphatic carbocycles. The molecule has 0 saturated carbocycles. The molecule has 2 N–H and O–H groups in total. The normalized spacial score (nSPS) is 12.5. The van der Waals surface area contributed by atoms with Gasteiger partial charge in [-0.25, -0.2) is 0 Å². The van der Waals surface area contributed by atoms with Crippen molar-refractivity contribution in [2.24, 2.45) is 0 Å². The molecule has 82 valence electrons. The third-order valence-corrected chi connectivity index (χ3v) is 3.27. The van der Waals surface area contributed by atoms with Gasteiger partial charge in [-0.05, 0) is 31.0 Å². The van der Waals surface area contributed by atoms with E-state index < -0.39 is 11.9 Å². The van der Waals surface area contributed by atoms with Gasteiger partial charge in [-0.1, -0.05) is 22.9 Å². The Morgan fingerprint density at radius 3 is 2.53 bits per heavy atom. The fourth-order valence-corrected chi connectivity index (χ4v) is 1.91. The first-order valence-electron chi connectivity index (χ1n) is 4.69. The van der Waals surface area contributed by atoms with E-state index in [0.29, 0.717) is 12.0 Å². The van der Waals surface area contributed by atoms with Gasteiger partial charge in [-0.15, -0.1) is 0 Å². The lowest BCUT2D eigenvalue weighted by molar-refractivity contribution is -0.138. The van der Waals surface area contributed by atoms with Gasteiger partial charge in [0.05, 0.1) is 5.92 Å². The molecule has 4 heteroatoms. The maximum Gasteiger partial charge on any atom is 0.310 e. The molecule has 0 aliphatic rings. The Balaban J connectivity index is 3.20. The van der Waals surface area contributed by atoms with Crippen molar-refractivity contribution in [2.75, 3.05) is 0 Å². The minimum atomic E-state index is -0.868. The van der Waals surface area contributed by atoms with E-state index in [0.717, 1.165) is 10.0 Å². The van der Waals surface area contributed by atoms with Crippen LogP contribution in [0.5, 0.6) is 5.75 Å². The molecule has 1 aromatic rings. The predicted octanol–water partition coefficient (Wildman–Crippen LogP) is 3.04. The molecule has 1 unspecified atom stereocenters. The number of phenols is 1. The lowest BCUT2D eigenvalue weighted by Gasteiger charge is -2.12. The highest BCUT2D eigenvalue weighted by Crippen LogP contribution is 2.31. The lowest BCUT2D eigenvalue weighted by atomic mass is 9.95. The first kappa shape index (κ1) is 12.0. The molecule has 1 aromatic carbocycles. The van der Waals surface area contributed by atoms with Crippen LogP contribution in [-0.4, -0.2) is 16.2 Å². The Kier molecular flexibility index (Phi) is 3.74. The van der Waals surface area contributed by atoms with Gasteiger partial charge < -0.3 is 10.2 Å². The van der Waals surface area contributed by atoms with Crippen molar-refractivity contribution in [3.63, 3.8) is 0 Å². The van der Waals surface area contributed by atoms with Crippen LogP contribution < -0.4 is 0 Å². The molecule has 0 aromatic heterocycles. The Hall–Kier alpha value is -1.03. The van der Waals surface area contributed by atoms with Gasteiger partial charge in [0.2, 0.25) is 0 Å². The molecule has 1 rings (SSSR count). The maximum absolute atomic E-state index is 10.9. The van der Waals surface area contributed by atoms with E-state index in [-0.39, 0.29) is 5.75 Å². The second kappa shape index (κ2) is 4.66. The van der Waals surface area contributed by atoms with Crippen molar-refractivity contribution in [3.05, 3.63) is 27.7 Å². The smallest absolute Gasteiger partial charge is 0.310 e. The third-order valence-electron chi connectivity index (χ3n) is 2.45. The Labute approximate surface area is 96.9 Å². The Morgan fingerprint density at radius 1 is 1.53 bits per heavy atom. The SMILES string of the molecule is CCC(C(=O)O)c1cc(O)c(C)c(Br)c1. The number of carboxylic acids is 1. The number of rotatable bonds is 3. The number of hydrogen-bond donors (Lipinski definition) is 2. The number of halogens is 1. The van der Waals surface area contributed by atoms with Gasteiger partial charge in [-0.3, -0.25) is 4.79 Å². The molecule has 0 heterocycles. The second-order valence-electron chi connectivity index (χ2n) is 3.45. The van der Waals surface area contributed by atoms with Gasteiger partial charge in [-0.2, -0.15) is 0 Å². The van der Waals surface area contributed by atoms with E-state index in [1.807, 2.05) is 6.92 Å². The lowest BCUT2D eigenvalue weighted by Crippen LogP contribution is -2.10. The van der Waals surface area contributed by atoms with Crippen LogP contribution in [0.2, 0.25) is 0 Å². The zero-order chi connectivity index (χ0) is 11.6. The van der Waals surface area contributed by atoms with E-state index in [4.69, 9.17) is 5.11 Å². The monoisotopic (exact) mass is 272 g/mol. The fourth-order valence-electron chi connectivity index (χ4n) is 1.44. The van der Waals surface area contributed by atoms with Crippen LogP contribution in [0, 0.1) is 6.92 Å². The number of phenolic OH excluding ortho intramolecular Hbond substituents is 1.